The van der Waals surface area contributed by atoms with Crippen LogP contribution in [0.2, 0.25) is 0 Å². The van der Waals surface area contributed by atoms with Crippen LogP contribution in [0.5, 0.6) is 5.75 Å². The lowest BCUT2D eigenvalue weighted by atomic mass is 10.0. The van der Waals surface area contributed by atoms with Crippen LogP contribution in [0.25, 0.3) is 27.8 Å². The van der Waals surface area contributed by atoms with Gasteiger partial charge in [-0.25, -0.2) is 0 Å². The van der Waals surface area contributed by atoms with E-state index in [9.17, 15) is 15.2 Å². The van der Waals surface area contributed by atoms with E-state index in [1.54, 1.807) is 36.5 Å². The fraction of sp³-hybridized carbons (Fsp3) is 0. The molecule has 0 unspecified atom stereocenters. The van der Waals surface area contributed by atoms with Crippen LogP contribution in [0.4, 0.5) is 5.69 Å². The lowest BCUT2D eigenvalue weighted by Gasteiger charge is -2.09. The van der Waals surface area contributed by atoms with E-state index in [1.807, 2.05) is 42.5 Å². The molecule has 4 aromatic rings. The number of nitriles is 1. The zero-order valence-electron chi connectivity index (χ0n) is 14.8. The lowest BCUT2D eigenvalue weighted by molar-refractivity contribution is -0.112. The predicted octanol–water partition coefficient (Wildman–Crippen LogP) is 4.64. The fourth-order valence-electron chi connectivity index (χ4n) is 3.13. The number of amides is 1. The number of nitrogens with one attached hydrogen (secondary N) is 1. The highest BCUT2D eigenvalue weighted by Gasteiger charge is 2.14. The highest BCUT2D eigenvalue weighted by Crippen LogP contribution is 2.29. The molecule has 0 fully saturated rings. The monoisotopic (exact) mass is 365 g/mol. The lowest BCUT2D eigenvalue weighted by Crippen LogP contribution is -2.13. The average Bonchev–Trinajstić information content (AvgIpc) is 2.73. The number of carbonyl (C=O) groups is 1. The van der Waals surface area contributed by atoms with Crippen molar-refractivity contribution in [3.8, 4) is 11.8 Å². The van der Waals surface area contributed by atoms with Crippen molar-refractivity contribution < 1.29 is 9.90 Å². The van der Waals surface area contributed by atoms with Gasteiger partial charge in [0, 0.05) is 17.1 Å². The van der Waals surface area contributed by atoms with Crippen molar-refractivity contribution in [1.82, 2.24) is 4.98 Å². The van der Waals surface area contributed by atoms with Crippen molar-refractivity contribution in [2.24, 2.45) is 0 Å². The number of rotatable bonds is 3. The summed E-state index contributed by atoms with van der Waals surface area (Å²) in [6.45, 7) is 0. The number of anilines is 1. The van der Waals surface area contributed by atoms with Crippen LogP contribution >= 0.6 is 0 Å². The molecule has 3 aromatic carbocycles. The Morgan fingerprint density at radius 2 is 1.82 bits per heavy atom. The zero-order valence-corrected chi connectivity index (χ0v) is 14.8. The molecule has 0 aliphatic heterocycles. The second kappa shape index (κ2) is 7.22. The predicted molar refractivity (Wildman–Crippen MR) is 110 cm³/mol. The molecule has 5 nitrogen and oxygen atoms in total. The van der Waals surface area contributed by atoms with Crippen LogP contribution in [-0.2, 0) is 4.79 Å². The number of nitrogens with zero attached hydrogens (tertiary/aromatic N) is 2. The summed E-state index contributed by atoms with van der Waals surface area (Å²) < 4.78 is 0. The number of aromatic hydroxyl groups is 1. The summed E-state index contributed by atoms with van der Waals surface area (Å²) in [6, 6.07) is 21.8. The second-order valence-corrected chi connectivity index (χ2v) is 6.22. The number of fused-ring (bicyclic) bond motifs is 2. The highest BCUT2D eigenvalue weighted by atomic mass is 16.3. The zero-order chi connectivity index (χ0) is 19.5. The van der Waals surface area contributed by atoms with Gasteiger partial charge < -0.3 is 10.4 Å². The number of hydrogen-bond donors (Lipinski definition) is 2. The molecule has 0 saturated carbocycles. The maximum absolute atomic E-state index is 12.7. The minimum absolute atomic E-state index is 0.00797. The molecule has 1 amide bonds. The Morgan fingerprint density at radius 1 is 1.00 bits per heavy atom. The molecule has 2 N–H and O–H groups in total. The van der Waals surface area contributed by atoms with E-state index in [0.29, 0.717) is 11.3 Å². The molecule has 0 aliphatic carbocycles. The van der Waals surface area contributed by atoms with Crippen molar-refractivity contribution in [1.29, 1.82) is 5.26 Å². The molecule has 0 saturated heterocycles. The molecule has 0 spiro atoms. The summed E-state index contributed by atoms with van der Waals surface area (Å²) in [7, 11) is 0. The first-order valence-electron chi connectivity index (χ1n) is 8.65. The first-order valence-corrected chi connectivity index (χ1v) is 8.65. The first kappa shape index (κ1) is 17.3. The first-order chi connectivity index (χ1) is 13.7. The van der Waals surface area contributed by atoms with E-state index in [4.69, 9.17) is 0 Å². The molecule has 4 rings (SSSR count). The summed E-state index contributed by atoms with van der Waals surface area (Å²) >= 11 is 0. The minimum atomic E-state index is -0.550. The van der Waals surface area contributed by atoms with Gasteiger partial charge in [-0.15, -0.1) is 0 Å². The SMILES string of the molecule is N#C/C(=C\c1c(O)ccc2ccccc12)C(=O)Nc1cccc2ncccc12. The third-order valence-corrected chi connectivity index (χ3v) is 4.50. The van der Waals surface area contributed by atoms with E-state index < -0.39 is 5.91 Å². The van der Waals surface area contributed by atoms with E-state index in [0.717, 1.165) is 21.7 Å². The van der Waals surface area contributed by atoms with E-state index in [-0.39, 0.29) is 11.3 Å². The molecule has 0 bridgehead atoms. The van der Waals surface area contributed by atoms with Gasteiger partial charge in [0.2, 0.25) is 0 Å². The van der Waals surface area contributed by atoms with Crippen LogP contribution in [0, 0.1) is 11.3 Å². The van der Waals surface area contributed by atoms with Gasteiger partial charge >= 0.3 is 0 Å². The van der Waals surface area contributed by atoms with E-state index in [1.165, 1.54) is 6.08 Å². The number of aromatic nitrogens is 1. The maximum Gasteiger partial charge on any atom is 0.266 e. The Labute approximate surface area is 161 Å². The summed E-state index contributed by atoms with van der Waals surface area (Å²) in [6.07, 6.45) is 3.09. The van der Waals surface area contributed by atoms with Gasteiger partial charge in [0.15, 0.2) is 0 Å². The molecule has 28 heavy (non-hydrogen) atoms. The topological polar surface area (TPSA) is 86.0 Å². The summed E-state index contributed by atoms with van der Waals surface area (Å²) in [4.78, 5) is 17.0. The standard InChI is InChI=1S/C23H15N3O2/c24-14-16(13-19-17-6-2-1-5-15(17)10-11-22(19)27)23(28)26-21-9-3-8-20-18(21)7-4-12-25-20/h1-13,27H,(H,26,28)/b16-13+. The fourth-order valence-corrected chi connectivity index (χ4v) is 3.13. The van der Waals surface area contributed by atoms with Gasteiger partial charge in [-0.2, -0.15) is 5.26 Å². The van der Waals surface area contributed by atoms with Crippen LogP contribution in [-0.4, -0.2) is 16.0 Å². The van der Waals surface area contributed by atoms with Crippen molar-refractivity contribution in [3.63, 3.8) is 0 Å². The molecule has 0 radical (unpaired) electrons. The molecular formula is C23H15N3O2. The largest absolute Gasteiger partial charge is 0.507 e. The molecule has 0 atom stereocenters. The molecule has 1 aromatic heterocycles. The van der Waals surface area contributed by atoms with Gasteiger partial charge in [0.25, 0.3) is 5.91 Å². The van der Waals surface area contributed by atoms with E-state index in [2.05, 4.69) is 10.3 Å². The van der Waals surface area contributed by atoms with Crippen LogP contribution in [0.15, 0.2) is 78.5 Å². The van der Waals surface area contributed by atoms with Gasteiger partial charge in [0.1, 0.15) is 17.4 Å². The minimum Gasteiger partial charge on any atom is -0.507 e. The Balaban J connectivity index is 1.74. The Bertz CT molecular complexity index is 1280. The number of carbonyl (C=O) groups excluding carboxylic acids is 1. The third-order valence-electron chi connectivity index (χ3n) is 4.50. The quantitative estimate of drug-likeness (QED) is 0.409. The number of benzene rings is 3. The summed E-state index contributed by atoms with van der Waals surface area (Å²) in [5, 5.41) is 25.0. The summed E-state index contributed by atoms with van der Waals surface area (Å²) in [5.74, 6) is -0.542. The molecular weight excluding hydrogens is 350 g/mol. The van der Waals surface area contributed by atoms with Crippen LogP contribution in [0.1, 0.15) is 5.56 Å². The van der Waals surface area contributed by atoms with Crippen molar-refractivity contribution in [2.75, 3.05) is 5.32 Å². The molecule has 134 valence electrons. The maximum atomic E-state index is 12.7. The van der Waals surface area contributed by atoms with Crippen molar-refractivity contribution >= 4 is 39.3 Å². The van der Waals surface area contributed by atoms with Gasteiger partial charge in [0.05, 0.1) is 11.2 Å². The number of hydrogen-bond acceptors (Lipinski definition) is 4. The van der Waals surface area contributed by atoms with Crippen molar-refractivity contribution in [3.05, 3.63) is 84.1 Å². The Hall–Kier alpha value is -4.17. The Morgan fingerprint density at radius 3 is 2.68 bits per heavy atom. The normalized spacial score (nSPS) is 11.3. The molecule has 1 heterocycles. The van der Waals surface area contributed by atoms with Crippen LogP contribution < -0.4 is 5.32 Å². The Kier molecular flexibility index (Phi) is 4.45. The number of phenolic OH excluding ortho intramolecular Hbond substituents is 1. The van der Waals surface area contributed by atoms with Gasteiger partial charge in [-0.1, -0.05) is 36.4 Å². The van der Waals surface area contributed by atoms with Gasteiger partial charge in [-0.05, 0) is 47.2 Å². The highest BCUT2D eigenvalue weighted by molar-refractivity contribution is 6.13. The van der Waals surface area contributed by atoms with Crippen molar-refractivity contribution in [2.45, 2.75) is 0 Å². The molecule has 0 aliphatic rings. The smallest absolute Gasteiger partial charge is 0.266 e. The number of phenols is 1. The number of pyridine rings is 1. The molecule has 5 heteroatoms. The summed E-state index contributed by atoms with van der Waals surface area (Å²) in [5.41, 5.74) is 1.64. The van der Waals surface area contributed by atoms with Crippen LogP contribution in [0.3, 0.4) is 0 Å². The third kappa shape index (κ3) is 3.15. The second-order valence-electron chi connectivity index (χ2n) is 6.22. The van der Waals surface area contributed by atoms with E-state index >= 15 is 0 Å². The average molecular weight is 365 g/mol. The van der Waals surface area contributed by atoms with Gasteiger partial charge in [-0.3, -0.25) is 9.78 Å².